The average molecular weight is 356 g/mol. The number of carboxylic acid groups (broad SMARTS) is 1. The lowest BCUT2D eigenvalue weighted by molar-refractivity contribution is -0.141. The summed E-state index contributed by atoms with van der Waals surface area (Å²) in [5.41, 5.74) is 0.0161. The van der Waals surface area contributed by atoms with Gasteiger partial charge in [-0.05, 0) is 31.2 Å². The van der Waals surface area contributed by atoms with Crippen molar-refractivity contribution in [1.82, 2.24) is 9.29 Å². The number of methoxy groups -OCH3 is 1. The van der Waals surface area contributed by atoms with E-state index in [1.54, 1.807) is 0 Å². The van der Waals surface area contributed by atoms with E-state index in [-0.39, 0.29) is 22.5 Å². The quantitative estimate of drug-likeness (QED) is 0.783. The second-order valence-electron chi connectivity index (χ2n) is 6.28. The standard InChI is InChI=1S/C15H20N2O6S/c1-23-15(20)11-7-10(8-16-11)24(21,22)17-12-5-3-2-4-9(12)6-13(17)14(18)19/h7-9,12-13,16H,2-6H2,1H3,(H,18,19). The van der Waals surface area contributed by atoms with Gasteiger partial charge in [-0.1, -0.05) is 12.8 Å². The van der Waals surface area contributed by atoms with Gasteiger partial charge in [-0.2, -0.15) is 4.31 Å². The molecule has 0 amide bonds. The van der Waals surface area contributed by atoms with Crippen LogP contribution in [-0.4, -0.2) is 53.9 Å². The largest absolute Gasteiger partial charge is 0.480 e. The van der Waals surface area contributed by atoms with Gasteiger partial charge < -0.3 is 14.8 Å². The Hall–Kier alpha value is -1.87. The van der Waals surface area contributed by atoms with E-state index in [4.69, 9.17) is 0 Å². The number of carboxylic acids is 1. The summed E-state index contributed by atoms with van der Waals surface area (Å²) in [4.78, 5) is 25.6. The summed E-state index contributed by atoms with van der Waals surface area (Å²) in [6.45, 7) is 0. The van der Waals surface area contributed by atoms with Gasteiger partial charge in [-0.15, -0.1) is 0 Å². The van der Waals surface area contributed by atoms with Gasteiger partial charge in [0.15, 0.2) is 0 Å². The number of rotatable bonds is 4. The van der Waals surface area contributed by atoms with Crippen molar-refractivity contribution in [3.63, 3.8) is 0 Å². The van der Waals surface area contributed by atoms with E-state index in [9.17, 15) is 23.1 Å². The number of nitrogens with zero attached hydrogens (tertiary/aromatic N) is 1. The summed E-state index contributed by atoms with van der Waals surface area (Å²) >= 11 is 0. The Balaban J connectivity index is 1.98. The first-order valence-corrected chi connectivity index (χ1v) is 9.33. The van der Waals surface area contributed by atoms with E-state index >= 15 is 0 Å². The number of sulfonamides is 1. The molecule has 3 rings (SSSR count). The summed E-state index contributed by atoms with van der Waals surface area (Å²) < 4.78 is 31.7. The summed E-state index contributed by atoms with van der Waals surface area (Å²) in [6.07, 6.45) is 4.95. The second kappa shape index (κ2) is 6.21. The number of fused-ring (bicyclic) bond motifs is 1. The van der Waals surface area contributed by atoms with Crippen LogP contribution in [0.5, 0.6) is 0 Å². The van der Waals surface area contributed by atoms with E-state index in [1.807, 2.05) is 0 Å². The van der Waals surface area contributed by atoms with E-state index in [1.165, 1.54) is 19.4 Å². The average Bonchev–Trinajstić information content (AvgIpc) is 3.19. The van der Waals surface area contributed by atoms with Crippen LogP contribution in [0.4, 0.5) is 0 Å². The molecule has 2 aliphatic rings. The third-order valence-corrected chi connectivity index (χ3v) is 6.86. The Labute approximate surface area is 139 Å². The summed E-state index contributed by atoms with van der Waals surface area (Å²) in [5.74, 6) is -1.73. The zero-order valence-corrected chi connectivity index (χ0v) is 14.1. The zero-order valence-electron chi connectivity index (χ0n) is 13.3. The van der Waals surface area contributed by atoms with Crippen LogP contribution in [0.3, 0.4) is 0 Å². The van der Waals surface area contributed by atoms with Crippen molar-refractivity contribution in [2.45, 2.75) is 49.1 Å². The number of hydrogen-bond donors (Lipinski definition) is 2. The van der Waals surface area contributed by atoms with Crippen LogP contribution < -0.4 is 0 Å². The van der Waals surface area contributed by atoms with Gasteiger partial charge in [0.25, 0.3) is 0 Å². The molecule has 2 N–H and O–H groups in total. The molecule has 9 heteroatoms. The third-order valence-electron chi connectivity index (χ3n) is 4.95. The van der Waals surface area contributed by atoms with Gasteiger partial charge in [0, 0.05) is 12.2 Å². The predicted octanol–water partition coefficient (Wildman–Crippen LogP) is 1.21. The number of aromatic amines is 1. The fourth-order valence-electron chi connectivity index (χ4n) is 3.85. The SMILES string of the molecule is COC(=O)c1cc(S(=O)(=O)N2C(C(=O)O)CC3CCCCC32)c[nH]1. The molecule has 1 saturated heterocycles. The van der Waals surface area contributed by atoms with Gasteiger partial charge in [0.2, 0.25) is 10.0 Å². The maximum atomic E-state index is 13.0. The van der Waals surface area contributed by atoms with Crippen molar-refractivity contribution in [1.29, 1.82) is 0 Å². The first kappa shape index (κ1) is 17.0. The highest BCUT2D eigenvalue weighted by molar-refractivity contribution is 7.89. The highest BCUT2D eigenvalue weighted by Gasteiger charge is 2.51. The first-order chi connectivity index (χ1) is 11.4. The Morgan fingerprint density at radius 3 is 2.71 bits per heavy atom. The van der Waals surface area contributed by atoms with Crippen LogP contribution >= 0.6 is 0 Å². The van der Waals surface area contributed by atoms with Gasteiger partial charge in [0.05, 0.1) is 7.11 Å². The molecule has 24 heavy (non-hydrogen) atoms. The highest BCUT2D eigenvalue weighted by Crippen LogP contribution is 2.42. The van der Waals surface area contributed by atoms with E-state index < -0.39 is 28.0 Å². The highest BCUT2D eigenvalue weighted by atomic mass is 32.2. The lowest BCUT2D eigenvalue weighted by Crippen LogP contribution is -2.46. The molecular formula is C15H20N2O6S. The number of hydrogen-bond acceptors (Lipinski definition) is 5. The van der Waals surface area contributed by atoms with Crippen molar-refractivity contribution in [3.8, 4) is 0 Å². The molecule has 1 aromatic rings. The van der Waals surface area contributed by atoms with Gasteiger partial charge in [0.1, 0.15) is 16.6 Å². The molecule has 1 aliphatic carbocycles. The zero-order chi connectivity index (χ0) is 17.5. The van der Waals surface area contributed by atoms with Crippen LogP contribution in [0.15, 0.2) is 17.2 Å². The maximum absolute atomic E-state index is 13.0. The normalized spacial score (nSPS) is 27.6. The Bertz CT molecular complexity index is 756. The van der Waals surface area contributed by atoms with Gasteiger partial charge in [-0.3, -0.25) is 4.79 Å². The smallest absolute Gasteiger partial charge is 0.354 e. The van der Waals surface area contributed by atoms with E-state index in [0.717, 1.165) is 23.6 Å². The van der Waals surface area contributed by atoms with Crippen LogP contribution in [0, 0.1) is 5.92 Å². The number of aromatic nitrogens is 1. The molecule has 2 heterocycles. The van der Waals surface area contributed by atoms with Crippen LogP contribution in [0.2, 0.25) is 0 Å². The van der Waals surface area contributed by atoms with Crippen molar-refractivity contribution >= 4 is 22.0 Å². The Morgan fingerprint density at radius 2 is 2.04 bits per heavy atom. The summed E-state index contributed by atoms with van der Waals surface area (Å²) in [6, 6.07) is -0.156. The van der Waals surface area contributed by atoms with Gasteiger partial charge in [-0.25, -0.2) is 13.2 Å². The van der Waals surface area contributed by atoms with Crippen molar-refractivity contribution in [2.24, 2.45) is 5.92 Å². The third kappa shape index (κ3) is 2.71. The molecule has 3 atom stereocenters. The van der Waals surface area contributed by atoms with E-state index in [0.29, 0.717) is 12.8 Å². The number of ether oxygens (including phenoxy) is 1. The maximum Gasteiger partial charge on any atom is 0.354 e. The minimum atomic E-state index is -4.01. The molecule has 1 saturated carbocycles. The molecule has 1 aliphatic heterocycles. The molecule has 2 fully saturated rings. The lowest BCUT2D eigenvalue weighted by atomic mass is 9.85. The number of carbonyl (C=O) groups is 2. The topological polar surface area (TPSA) is 117 Å². The number of carbonyl (C=O) groups excluding carboxylic acids is 1. The van der Waals surface area contributed by atoms with Crippen LogP contribution in [-0.2, 0) is 19.6 Å². The Morgan fingerprint density at radius 1 is 1.33 bits per heavy atom. The number of nitrogens with one attached hydrogen (secondary N) is 1. The Kier molecular flexibility index (Phi) is 4.39. The van der Waals surface area contributed by atoms with Gasteiger partial charge >= 0.3 is 11.9 Å². The first-order valence-electron chi connectivity index (χ1n) is 7.89. The van der Waals surface area contributed by atoms with E-state index in [2.05, 4.69) is 9.72 Å². The summed E-state index contributed by atoms with van der Waals surface area (Å²) in [7, 11) is -2.81. The molecule has 0 spiro atoms. The lowest BCUT2D eigenvalue weighted by Gasteiger charge is -2.31. The van der Waals surface area contributed by atoms with Crippen molar-refractivity contribution in [2.75, 3.05) is 7.11 Å². The molecule has 132 valence electrons. The fourth-order valence-corrected chi connectivity index (χ4v) is 5.71. The molecule has 0 bridgehead atoms. The number of esters is 1. The minimum absolute atomic E-state index is 0.0161. The number of H-pyrrole nitrogens is 1. The molecule has 3 unspecified atom stereocenters. The van der Waals surface area contributed by atoms with Crippen molar-refractivity contribution in [3.05, 3.63) is 18.0 Å². The minimum Gasteiger partial charge on any atom is -0.480 e. The summed E-state index contributed by atoms with van der Waals surface area (Å²) in [5, 5.41) is 9.48. The molecule has 1 aromatic heterocycles. The monoisotopic (exact) mass is 356 g/mol. The molecule has 0 radical (unpaired) electrons. The van der Waals surface area contributed by atoms with Crippen LogP contribution in [0.25, 0.3) is 0 Å². The second-order valence-corrected chi connectivity index (χ2v) is 8.12. The van der Waals surface area contributed by atoms with Crippen molar-refractivity contribution < 1.29 is 27.9 Å². The predicted molar refractivity (Wildman–Crippen MR) is 82.9 cm³/mol. The fraction of sp³-hybridized carbons (Fsp3) is 0.600. The number of aliphatic carboxylic acids is 1. The molecular weight excluding hydrogens is 336 g/mol. The van der Waals surface area contributed by atoms with Crippen LogP contribution in [0.1, 0.15) is 42.6 Å². The molecule has 0 aromatic carbocycles. The molecule has 8 nitrogen and oxygen atoms in total.